The molecule has 0 radical (unpaired) electrons. The van der Waals surface area contributed by atoms with Crippen LogP contribution in [0.3, 0.4) is 0 Å². The van der Waals surface area contributed by atoms with Crippen molar-refractivity contribution in [3.8, 4) is 11.4 Å². The second-order valence-corrected chi connectivity index (χ2v) is 4.77. The van der Waals surface area contributed by atoms with Gasteiger partial charge in [0.1, 0.15) is 0 Å². The number of hydrogen-bond donors (Lipinski definition) is 3. The minimum atomic E-state index is -0.0750. The Morgan fingerprint density at radius 1 is 1.48 bits per heavy atom. The summed E-state index contributed by atoms with van der Waals surface area (Å²) in [7, 11) is 0. The minimum Gasteiger partial charge on any atom is -0.375 e. The Hall–Kier alpha value is -2.32. The third-order valence-electron chi connectivity index (χ3n) is 3.17. The number of nitrogens with one attached hydrogen (secondary N) is 3. The highest BCUT2D eigenvalue weighted by atomic mass is 16.5. The molecule has 2 aromatic rings. The highest BCUT2D eigenvalue weighted by Gasteiger charge is 2.17. The number of benzene rings is 1. The summed E-state index contributed by atoms with van der Waals surface area (Å²) in [5.74, 6) is 0.417. The maximum Gasteiger partial charge on any atom is 0.227 e. The Morgan fingerprint density at radius 2 is 2.43 bits per heavy atom. The summed E-state index contributed by atoms with van der Waals surface area (Å²) >= 11 is 0. The van der Waals surface area contributed by atoms with E-state index in [9.17, 15) is 4.79 Å². The van der Waals surface area contributed by atoms with Crippen molar-refractivity contribution in [1.82, 2.24) is 25.9 Å². The minimum absolute atomic E-state index is 0.0702. The third-order valence-corrected chi connectivity index (χ3v) is 3.17. The van der Waals surface area contributed by atoms with Crippen LogP contribution in [0.5, 0.6) is 0 Å². The lowest BCUT2D eigenvalue weighted by Crippen LogP contribution is -2.40. The number of morpholine rings is 1. The molecule has 0 saturated carbocycles. The number of amides is 1. The molecule has 1 aromatic carbocycles. The topological polar surface area (TPSA) is 105 Å². The van der Waals surface area contributed by atoms with E-state index in [4.69, 9.17) is 4.74 Å². The summed E-state index contributed by atoms with van der Waals surface area (Å²) in [6.07, 6.45) is 0.263. The van der Waals surface area contributed by atoms with Crippen LogP contribution in [-0.2, 0) is 9.53 Å². The average Bonchev–Trinajstić information content (AvgIpc) is 3.02. The van der Waals surface area contributed by atoms with Crippen LogP contribution in [0.25, 0.3) is 11.4 Å². The molecule has 1 atom stereocenters. The third kappa shape index (κ3) is 3.61. The van der Waals surface area contributed by atoms with Gasteiger partial charge in [-0.3, -0.25) is 4.79 Å². The number of H-pyrrole nitrogens is 1. The van der Waals surface area contributed by atoms with Gasteiger partial charge in [0, 0.05) is 24.3 Å². The largest absolute Gasteiger partial charge is 0.375 e. The van der Waals surface area contributed by atoms with Gasteiger partial charge in [-0.05, 0) is 17.3 Å². The van der Waals surface area contributed by atoms with Gasteiger partial charge >= 0.3 is 0 Å². The number of carbonyl (C=O) groups excluding carboxylic acids is 1. The normalized spacial score (nSPS) is 18.4. The molecule has 0 aliphatic carbocycles. The lowest BCUT2D eigenvalue weighted by Gasteiger charge is -2.23. The fourth-order valence-electron chi connectivity index (χ4n) is 2.19. The van der Waals surface area contributed by atoms with E-state index >= 15 is 0 Å². The standard InChI is InChI=1S/C13H16N6O2/c20-12(7-11-8-14-4-5-21-11)15-10-3-1-2-9(6-10)13-16-18-19-17-13/h1-3,6,11,14H,4-5,7-8H2,(H,15,20)(H,16,17,18,19). The number of rotatable bonds is 4. The van der Waals surface area contributed by atoms with Crippen LogP contribution in [0.2, 0.25) is 0 Å². The van der Waals surface area contributed by atoms with Crippen molar-refractivity contribution >= 4 is 11.6 Å². The Balaban J connectivity index is 1.62. The van der Waals surface area contributed by atoms with Crippen molar-refractivity contribution in [3.05, 3.63) is 24.3 Å². The number of hydrogen-bond acceptors (Lipinski definition) is 6. The Bertz CT molecular complexity index is 594. The van der Waals surface area contributed by atoms with Gasteiger partial charge in [0.25, 0.3) is 0 Å². The van der Waals surface area contributed by atoms with E-state index in [1.165, 1.54) is 0 Å². The highest BCUT2D eigenvalue weighted by Crippen LogP contribution is 2.18. The van der Waals surface area contributed by atoms with E-state index in [2.05, 4.69) is 31.3 Å². The van der Waals surface area contributed by atoms with E-state index in [1.54, 1.807) is 0 Å². The summed E-state index contributed by atoms with van der Waals surface area (Å²) in [6, 6.07) is 7.32. The van der Waals surface area contributed by atoms with Crippen molar-refractivity contribution in [2.24, 2.45) is 0 Å². The Kier molecular flexibility index (Phi) is 4.17. The molecule has 2 heterocycles. The zero-order chi connectivity index (χ0) is 14.5. The van der Waals surface area contributed by atoms with Gasteiger partial charge in [0.05, 0.1) is 19.1 Å². The molecular formula is C13H16N6O2. The average molecular weight is 288 g/mol. The van der Waals surface area contributed by atoms with Crippen LogP contribution >= 0.6 is 0 Å². The van der Waals surface area contributed by atoms with Crippen molar-refractivity contribution in [1.29, 1.82) is 0 Å². The molecule has 1 unspecified atom stereocenters. The van der Waals surface area contributed by atoms with E-state index < -0.39 is 0 Å². The zero-order valence-electron chi connectivity index (χ0n) is 11.4. The first-order valence-electron chi connectivity index (χ1n) is 6.77. The fraction of sp³-hybridized carbons (Fsp3) is 0.385. The highest BCUT2D eigenvalue weighted by molar-refractivity contribution is 5.91. The van der Waals surface area contributed by atoms with Crippen LogP contribution in [-0.4, -0.2) is 52.3 Å². The van der Waals surface area contributed by atoms with Crippen LogP contribution in [0.1, 0.15) is 6.42 Å². The number of tetrazole rings is 1. The molecule has 1 fully saturated rings. The second kappa shape index (κ2) is 6.42. The first-order chi connectivity index (χ1) is 10.3. The van der Waals surface area contributed by atoms with E-state index in [0.29, 0.717) is 31.1 Å². The molecule has 1 aliphatic rings. The molecule has 1 aromatic heterocycles. The van der Waals surface area contributed by atoms with Gasteiger partial charge < -0.3 is 15.4 Å². The van der Waals surface area contributed by atoms with Gasteiger partial charge in [-0.2, -0.15) is 5.21 Å². The van der Waals surface area contributed by atoms with Gasteiger partial charge in [-0.15, -0.1) is 10.2 Å². The molecule has 8 heteroatoms. The maximum absolute atomic E-state index is 12.0. The van der Waals surface area contributed by atoms with Gasteiger partial charge in [0.2, 0.25) is 11.7 Å². The molecule has 21 heavy (non-hydrogen) atoms. The zero-order valence-corrected chi connectivity index (χ0v) is 11.4. The smallest absolute Gasteiger partial charge is 0.227 e. The predicted octanol–water partition coefficient (Wildman–Crippen LogP) is 0.184. The number of nitrogens with zero attached hydrogens (tertiary/aromatic N) is 3. The fourth-order valence-corrected chi connectivity index (χ4v) is 2.19. The van der Waals surface area contributed by atoms with E-state index in [-0.39, 0.29) is 12.0 Å². The van der Waals surface area contributed by atoms with Crippen LogP contribution in [0, 0.1) is 0 Å². The monoisotopic (exact) mass is 288 g/mol. The number of anilines is 1. The SMILES string of the molecule is O=C(CC1CNCCO1)Nc1cccc(-c2nn[nH]n2)c1. The number of carbonyl (C=O) groups is 1. The van der Waals surface area contributed by atoms with Crippen LogP contribution in [0.15, 0.2) is 24.3 Å². The van der Waals surface area contributed by atoms with Crippen molar-refractivity contribution < 1.29 is 9.53 Å². The molecule has 1 amide bonds. The van der Waals surface area contributed by atoms with Crippen molar-refractivity contribution in [2.75, 3.05) is 25.0 Å². The van der Waals surface area contributed by atoms with E-state index in [0.717, 1.165) is 12.1 Å². The van der Waals surface area contributed by atoms with Crippen LogP contribution in [0.4, 0.5) is 5.69 Å². The summed E-state index contributed by atoms with van der Waals surface area (Å²) in [6.45, 7) is 2.19. The van der Waals surface area contributed by atoms with Crippen molar-refractivity contribution in [2.45, 2.75) is 12.5 Å². The molecule has 1 saturated heterocycles. The lowest BCUT2D eigenvalue weighted by atomic mass is 10.1. The first-order valence-corrected chi connectivity index (χ1v) is 6.77. The molecule has 0 spiro atoms. The molecular weight excluding hydrogens is 272 g/mol. The number of aromatic nitrogens is 4. The van der Waals surface area contributed by atoms with Gasteiger partial charge in [-0.25, -0.2) is 0 Å². The van der Waals surface area contributed by atoms with Crippen LogP contribution < -0.4 is 10.6 Å². The quantitative estimate of drug-likeness (QED) is 0.741. The number of ether oxygens (including phenoxy) is 1. The molecule has 8 nitrogen and oxygen atoms in total. The molecule has 110 valence electrons. The lowest BCUT2D eigenvalue weighted by molar-refractivity contribution is -0.119. The summed E-state index contributed by atoms with van der Waals surface area (Å²) in [4.78, 5) is 12.0. The summed E-state index contributed by atoms with van der Waals surface area (Å²) in [5.41, 5.74) is 1.49. The van der Waals surface area contributed by atoms with Gasteiger partial charge in [0.15, 0.2) is 0 Å². The molecule has 1 aliphatic heterocycles. The second-order valence-electron chi connectivity index (χ2n) is 4.77. The summed E-state index contributed by atoms with van der Waals surface area (Å²) < 4.78 is 5.51. The molecule has 0 bridgehead atoms. The van der Waals surface area contributed by atoms with E-state index in [1.807, 2.05) is 24.3 Å². The predicted molar refractivity (Wildman–Crippen MR) is 75.5 cm³/mol. The van der Waals surface area contributed by atoms with Crippen molar-refractivity contribution in [3.63, 3.8) is 0 Å². The number of aromatic amines is 1. The Morgan fingerprint density at radius 3 is 3.19 bits per heavy atom. The molecule has 3 N–H and O–H groups in total. The Labute approximate surface area is 121 Å². The first kappa shape index (κ1) is 13.7. The van der Waals surface area contributed by atoms with Gasteiger partial charge in [-0.1, -0.05) is 12.1 Å². The summed E-state index contributed by atoms with van der Waals surface area (Å²) in [5, 5.41) is 19.8. The maximum atomic E-state index is 12.0. The molecule has 3 rings (SSSR count).